The molecule has 2 unspecified atom stereocenters. The molecule has 6 heteroatoms. The van der Waals surface area contributed by atoms with Gasteiger partial charge in [0.1, 0.15) is 0 Å². The highest BCUT2D eigenvalue weighted by molar-refractivity contribution is 5.71. The molecule has 0 aromatic rings. The summed E-state index contributed by atoms with van der Waals surface area (Å²) >= 11 is 0. The second kappa shape index (κ2) is 6.70. The van der Waals surface area contributed by atoms with Crippen LogP contribution in [0.1, 0.15) is 20.3 Å². The van der Waals surface area contributed by atoms with Gasteiger partial charge < -0.3 is 15.5 Å². The van der Waals surface area contributed by atoms with Gasteiger partial charge in [0.2, 0.25) is 0 Å². The van der Waals surface area contributed by atoms with Gasteiger partial charge in [0.15, 0.2) is 0 Å². The van der Waals surface area contributed by atoms with Gasteiger partial charge in [-0.2, -0.15) is 0 Å². The van der Waals surface area contributed by atoms with E-state index in [1.165, 1.54) is 0 Å². The van der Waals surface area contributed by atoms with Crippen LogP contribution in [0.3, 0.4) is 0 Å². The lowest BCUT2D eigenvalue weighted by atomic mass is 9.94. The van der Waals surface area contributed by atoms with Crippen LogP contribution in [-0.4, -0.2) is 59.3 Å². The Balaban J connectivity index is 2.56. The summed E-state index contributed by atoms with van der Waals surface area (Å²) in [5, 5.41) is 21.2. The van der Waals surface area contributed by atoms with Crippen molar-refractivity contribution in [3.05, 3.63) is 0 Å². The predicted molar refractivity (Wildman–Crippen MR) is 66.4 cm³/mol. The monoisotopic (exact) mass is 258 g/mol. The van der Waals surface area contributed by atoms with E-state index in [1.54, 1.807) is 4.90 Å². The van der Waals surface area contributed by atoms with E-state index in [2.05, 4.69) is 19.2 Å². The number of likely N-dealkylation sites (tertiary alicyclic amines) is 1. The average Bonchev–Trinajstić information content (AvgIpc) is 2.25. The van der Waals surface area contributed by atoms with Crippen LogP contribution in [-0.2, 0) is 9.59 Å². The lowest BCUT2D eigenvalue weighted by Gasteiger charge is -2.36. The van der Waals surface area contributed by atoms with Gasteiger partial charge in [-0.3, -0.25) is 14.5 Å². The largest absolute Gasteiger partial charge is 0.481 e. The number of nitrogens with one attached hydrogen (secondary N) is 1. The van der Waals surface area contributed by atoms with Gasteiger partial charge in [-0.1, -0.05) is 13.8 Å². The van der Waals surface area contributed by atoms with Gasteiger partial charge in [0.25, 0.3) is 0 Å². The molecular weight excluding hydrogens is 236 g/mol. The van der Waals surface area contributed by atoms with Crippen LogP contribution in [0.2, 0.25) is 0 Å². The number of piperidine rings is 1. The number of carbonyl (C=O) groups is 2. The van der Waals surface area contributed by atoms with Crippen LogP contribution >= 0.6 is 0 Å². The molecule has 1 aliphatic rings. The number of hydrogen-bond donors (Lipinski definition) is 3. The SMILES string of the molecule is CC(C)CNC1CC(C(=O)O)CN(CC(=O)O)C1. The lowest BCUT2D eigenvalue weighted by molar-refractivity contribution is -0.146. The molecule has 1 rings (SSSR count). The molecule has 3 N–H and O–H groups in total. The van der Waals surface area contributed by atoms with E-state index in [0.29, 0.717) is 25.4 Å². The van der Waals surface area contributed by atoms with Gasteiger partial charge in [-0.25, -0.2) is 0 Å². The molecule has 1 heterocycles. The highest BCUT2D eigenvalue weighted by Crippen LogP contribution is 2.17. The van der Waals surface area contributed by atoms with Gasteiger partial charge in [-0.15, -0.1) is 0 Å². The minimum Gasteiger partial charge on any atom is -0.481 e. The zero-order valence-electron chi connectivity index (χ0n) is 10.9. The fourth-order valence-electron chi connectivity index (χ4n) is 2.24. The molecule has 2 atom stereocenters. The van der Waals surface area contributed by atoms with E-state index in [-0.39, 0.29) is 12.6 Å². The Morgan fingerprint density at radius 3 is 2.50 bits per heavy atom. The number of carboxylic acid groups (broad SMARTS) is 2. The minimum atomic E-state index is -0.913. The van der Waals surface area contributed by atoms with Crippen LogP contribution < -0.4 is 5.32 Å². The third kappa shape index (κ3) is 5.01. The van der Waals surface area contributed by atoms with Crippen molar-refractivity contribution in [1.29, 1.82) is 0 Å². The minimum absolute atomic E-state index is 0.0570. The molecule has 1 fully saturated rings. The second-order valence-corrected chi connectivity index (χ2v) is 5.36. The standard InChI is InChI=1S/C12H22N2O4/c1-8(2)4-13-10-3-9(12(17)18)5-14(6-10)7-11(15)16/h8-10,13H,3-7H2,1-2H3,(H,15,16)(H,17,18). The molecule has 0 aliphatic carbocycles. The summed E-state index contributed by atoms with van der Waals surface area (Å²) < 4.78 is 0. The summed E-state index contributed by atoms with van der Waals surface area (Å²) in [6.45, 7) is 5.81. The molecule has 6 nitrogen and oxygen atoms in total. The van der Waals surface area contributed by atoms with Crippen molar-refractivity contribution in [3.8, 4) is 0 Å². The van der Waals surface area contributed by atoms with E-state index in [0.717, 1.165) is 6.54 Å². The quantitative estimate of drug-likeness (QED) is 0.625. The molecule has 0 radical (unpaired) electrons. The summed E-state index contributed by atoms with van der Waals surface area (Å²) in [6, 6.07) is 0.0570. The molecule has 0 aromatic heterocycles. The number of nitrogens with zero attached hydrogens (tertiary/aromatic N) is 1. The Hall–Kier alpha value is -1.14. The molecule has 1 aliphatic heterocycles. The molecule has 0 saturated carbocycles. The van der Waals surface area contributed by atoms with E-state index >= 15 is 0 Å². The fourth-order valence-corrected chi connectivity index (χ4v) is 2.24. The molecule has 0 spiro atoms. The molecule has 0 bridgehead atoms. The number of rotatable bonds is 6. The van der Waals surface area contributed by atoms with Gasteiger partial charge in [0.05, 0.1) is 12.5 Å². The third-order valence-electron chi connectivity index (χ3n) is 3.05. The summed E-state index contributed by atoms with van der Waals surface area (Å²) in [6.07, 6.45) is 0.568. The van der Waals surface area contributed by atoms with Gasteiger partial charge in [-0.05, 0) is 18.9 Å². The van der Waals surface area contributed by atoms with Crippen molar-refractivity contribution in [2.24, 2.45) is 11.8 Å². The third-order valence-corrected chi connectivity index (χ3v) is 3.05. The fraction of sp³-hybridized carbons (Fsp3) is 0.833. The zero-order chi connectivity index (χ0) is 13.7. The van der Waals surface area contributed by atoms with Crippen LogP contribution in [0, 0.1) is 11.8 Å². The topological polar surface area (TPSA) is 89.9 Å². The molecule has 0 amide bonds. The predicted octanol–water partition coefficient (Wildman–Crippen LogP) is 0.0917. The molecule has 18 heavy (non-hydrogen) atoms. The summed E-state index contributed by atoms with van der Waals surface area (Å²) in [4.78, 5) is 23.5. The Kier molecular flexibility index (Phi) is 5.55. The number of carboxylic acids is 2. The highest BCUT2D eigenvalue weighted by atomic mass is 16.4. The van der Waals surface area contributed by atoms with E-state index in [9.17, 15) is 9.59 Å². The Bertz CT molecular complexity index is 306. The summed E-state index contributed by atoms with van der Waals surface area (Å²) in [5.41, 5.74) is 0. The van der Waals surface area contributed by atoms with Gasteiger partial charge >= 0.3 is 11.9 Å². The Labute approximate surface area is 107 Å². The van der Waals surface area contributed by atoms with Gasteiger partial charge in [0, 0.05) is 19.1 Å². The van der Waals surface area contributed by atoms with Crippen molar-refractivity contribution in [2.45, 2.75) is 26.3 Å². The smallest absolute Gasteiger partial charge is 0.317 e. The Morgan fingerprint density at radius 2 is 2.00 bits per heavy atom. The molecule has 104 valence electrons. The first-order valence-corrected chi connectivity index (χ1v) is 6.28. The first kappa shape index (κ1) is 14.9. The average molecular weight is 258 g/mol. The highest BCUT2D eigenvalue weighted by Gasteiger charge is 2.32. The lowest BCUT2D eigenvalue weighted by Crippen LogP contribution is -2.52. The van der Waals surface area contributed by atoms with Crippen molar-refractivity contribution < 1.29 is 19.8 Å². The van der Waals surface area contributed by atoms with Crippen LogP contribution in [0.4, 0.5) is 0 Å². The number of aliphatic carboxylic acids is 2. The maximum Gasteiger partial charge on any atom is 0.317 e. The molecule has 1 saturated heterocycles. The van der Waals surface area contributed by atoms with Crippen molar-refractivity contribution in [2.75, 3.05) is 26.2 Å². The normalized spacial score (nSPS) is 25.3. The van der Waals surface area contributed by atoms with E-state index in [1.807, 2.05) is 0 Å². The van der Waals surface area contributed by atoms with E-state index < -0.39 is 17.9 Å². The Morgan fingerprint density at radius 1 is 1.33 bits per heavy atom. The summed E-state index contributed by atoms with van der Waals surface area (Å²) in [7, 11) is 0. The number of hydrogen-bond acceptors (Lipinski definition) is 4. The van der Waals surface area contributed by atoms with Crippen molar-refractivity contribution in [3.63, 3.8) is 0 Å². The summed E-state index contributed by atoms with van der Waals surface area (Å²) in [5.74, 6) is -1.75. The maximum absolute atomic E-state index is 11.1. The zero-order valence-corrected chi connectivity index (χ0v) is 10.9. The van der Waals surface area contributed by atoms with Crippen molar-refractivity contribution in [1.82, 2.24) is 10.2 Å². The van der Waals surface area contributed by atoms with Crippen LogP contribution in [0.25, 0.3) is 0 Å². The van der Waals surface area contributed by atoms with Crippen LogP contribution in [0.5, 0.6) is 0 Å². The first-order chi connectivity index (χ1) is 8.38. The van der Waals surface area contributed by atoms with E-state index in [4.69, 9.17) is 10.2 Å². The molecule has 0 aromatic carbocycles. The first-order valence-electron chi connectivity index (χ1n) is 6.28. The second-order valence-electron chi connectivity index (χ2n) is 5.36. The maximum atomic E-state index is 11.1. The molecular formula is C12H22N2O4. The van der Waals surface area contributed by atoms with Crippen LogP contribution in [0.15, 0.2) is 0 Å². The van der Waals surface area contributed by atoms with Crippen molar-refractivity contribution >= 4 is 11.9 Å².